The quantitative estimate of drug-likeness (QED) is 0.538. The minimum Gasteiger partial charge on any atom is -0.453 e. The van der Waals surface area contributed by atoms with Crippen LogP contribution in [0.25, 0.3) is 0 Å². The van der Waals surface area contributed by atoms with Gasteiger partial charge in [-0.2, -0.15) is 5.26 Å². The molecule has 0 unspecified atom stereocenters. The Morgan fingerprint density at radius 3 is 2.33 bits per heavy atom. The first-order valence-corrected chi connectivity index (χ1v) is 11.6. The first kappa shape index (κ1) is 22.7. The lowest BCUT2D eigenvalue weighted by molar-refractivity contribution is -0.163. The number of anilines is 1. The van der Waals surface area contributed by atoms with E-state index in [1.165, 1.54) is 11.3 Å². The number of ether oxygens (including phenoxy) is 1. The largest absolute Gasteiger partial charge is 0.453 e. The zero-order chi connectivity index (χ0) is 23.4. The van der Waals surface area contributed by atoms with Crippen LogP contribution in [0.4, 0.5) is 5.00 Å². The molecular weight excluding hydrogens is 436 g/mol. The second-order valence-corrected chi connectivity index (χ2v) is 9.34. The van der Waals surface area contributed by atoms with Crippen molar-refractivity contribution in [2.24, 2.45) is 5.92 Å². The molecule has 7 heteroatoms. The molecule has 33 heavy (non-hydrogen) atoms. The highest BCUT2D eigenvalue weighted by atomic mass is 32.1. The van der Waals surface area contributed by atoms with Gasteiger partial charge in [-0.25, -0.2) is 4.79 Å². The number of aliphatic hydroxyl groups is 1. The van der Waals surface area contributed by atoms with E-state index >= 15 is 0 Å². The molecule has 1 heterocycles. The molecule has 1 aliphatic carbocycles. The van der Waals surface area contributed by atoms with E-state index in [1.807, 2.05) is 0 Å². The van der Waals surface area contributed by atoms with Gasteiger partial charge in [-0.15, -0.1) is 11.3 Å². The van der Waals surface area contributed by atoms with Gasteiger partial charge in [-0.1, -0.05) is 67.6 Å². The first-order chi connectivity index (χ1) is 15.9. The fourth-order valence-electron chi connectivity index (χ4n) is 4.12. The summed E-state index contributed by atoms with van der Waals surface area (Å²) in [6.07, 6.45) is 2.73. The molecule has 0 aliphatic heterocycles. The number of thiophene rings is 1. The van der Waals surface area contributed by atoms with Gasteiger partial charge >= 0.3 is 5.97 Å². The number of amides is 1. The topological polar surface area (TPSA) is 99.4 Å². The normalized spacial score (nSPS) is 15.2. The minimum atomic E-state index is -2.06. The van der Waals surface area contributed by atoms with Gasteiger partial charge in [-0.3, -0.25) is 4.79 Å². The van der Waals surface area contributed by atoms with Crippen molar-refractivity contribution >= 4 is 28.2 Å². The Morgan fingerprint density at radius 2 is 1.76 bits per heavy atom. The Hall–Kier alpha value is -3.47. The van der Waals surface area contributed by atoms with Gasteiger partial charge in [0.05, 0.1) is 5.56 Å². The lowest BCUT2D eigenvalue weighted by atomic mass is 9.86. The van der Waals surface area contributed by atoms with E-state index in [0.717, 1.165) is 29.7 Å². The molecule has 1 atom stereocenters. The van der Waals surface area contributed by atoms with Crippen LogP contribution in [-0.2, 0) is 32.8 Å². The zero-order valence-corrected chi connectivity index (χ0v) is 19.0. The van der Waals surface area contributed by atoms with Crippen molar-refractivity contribution in [3.05, 3.63) is 87.8 Å². The second kappa shape index (κ2) is 9.57. The maximum absolute atomic E-state index is 13.0. The fourth-order valence-corrected chi connectivity index (χ4v) is 5.49. The lowest BCUT2D eigenvalue weighted by Crippen LogP contribution is -2.39. The van der Waals surface area contributed by atoms with Crippen molar-refractivity contribution < 1.29 is 19.4 Å². The van der Waals surface area contributed by atoms with Crippen LogP contribution >= 0.6 is 11.3 Å². The number of rotatable bonds is 6. The summed E-state index contributed by atoms with van der Waals surface area (Å²) in [5.74, 6) is -0.967. The number of carbonyl (C=O) groups is 2. The highest BCUT2D eigenvalue weighted by Gasteiger charge is 2.42. The highest BCUT2D eigenvalue weighted by molar-refractivity contribution is 7.16. The van der Waals surface area contributed by atoms with E-state index in [0.29, 0.717) is 27.6 Å². The summed E-state index contributed by atoms with van der Waals surface area (Å²) in [6.45, 7) is 1.59. The van der Waals surface area contributed by atoms with Crippen molar-refractivity contribution in [3.63, 3.8) is 0 Å². The summed E-state index contributed by atoms with van der Waals surface area (Å²) in [5.41, 5.74) is 0.127. The molecule has 3 aromatic rings. The maximum Gasteiger partial charge on any atom is 0.348 e. The van der Waals surface area contributed by atoms with Gasteiger partial charge in [0.15, 0.2) is 6.61 Å². The van der Waals surface area contributed by atoms with Gasteiger partial charge in [0.1, 0.15) is 11.1 Å². The molecule has 0 spiro atoms. The van der Waals surface area contributed by atoms with Crippen LogP contribution in [0.5, 0.6) is 0 Å². The van der Waals surface area contributed by atoms with Crippen LogP contribution in [0, 0.1) is 17.2 Å². The SMILES string of the molecule is C[C@@H]1CCc2c(sc(NC(=O)COC(=O)C(O)(c3ccccc3)c3ccccc3)c2C#N)C1. The van der Waals surface area contributed by atoms with E-state index in [-0.39, 0.29) is 0 Å². The summed E-state index contributed by atoms with van der Waals surface area (Å²) < 4.78 is 5.26. The molecule has 1 amide bonds. The van der Waals surface area contributed by atoms with Gasteiger partial charge < -0.3 is 15.2 Å². The predicted molar refractivity (Wildman–Crippen MR) is 126 cm³/mol. The van der Waals surface area contributed by atoms with Crippen molar-refractivity contribution in [2.45, 2.75) is 31.8 Å². The van der Waals surface area contributed by atoms with Gasteiger partial charge in [0.2, 0.25) is 5.60 Å². The third-order valence-electron chi connectivity index (χ3n) is 5.89. The standard InChI is InChI=1S/C26H24N2O4S/c1-17-12-13-20-21(15-27)24(33-22(20)14-17)28-23(29)16-32-25(30)26(31,18-8-4-2-5-9-18)19-10-6-3-7-11-19/h2-11,17,31H,12-14,16H2,1H3,(H,28,29)/t17-/m1/s1. The van der Waals surface area contributed by atoms with Crippen molar-refractivity contribution in [2.75, 3.05) is 11.9 Å². The molecule has 4 rings (SSSR count). The Morgan fingerprint density at radius 1 is 1.15 bits per heavy atom. The van der Waals surface area contributed by atoms with Crippen LogP contribution in [0.1, 0.15) is 40.5 Å². The molecule has 2 N–H and O–H groups in total. The number of nitriles is 1. The minimum absolute atomic E-state index is 0.341. The van der Waals surface area contributed by atoms with Crippen LogP contribution in [-0.4, -0.2) is 23.6 Å². The van der Waals surface area contributed by atoms with E-state index in [4.69, 9.17) is 4.74 Å². The number of benzene rings is 2. The molecule has 2 aromatic carbocycles. The second-order valence-electron chi connectivity index (χ2n) is 8.23. The van der Waals surface area contributed by atoms with Gasteiger partial charge in [0.25, 0.3) is 5.91 Å². The fraction of sp³-hybridized carbons (Fsp3) is 0.269. The number of hydrogen-bond donors (Lipinski definition) is 2. The average Bonchev–Trinajstić information content (AvgIpc) is 3.18. The molecule has 0 bridgehead atoms. The maximum atomic E-state index is 13.0. The summed E-state index contributed by atoms with van der Waals surface area (Å²) in [7, 11) is 0. The Balaban J connectivity index is 1.50. The first-order valence-electron chi connectivity index (χ1n) is 10.8. The van der Waals surface area contributed by atoms with Crippen LogP contribution < -0.4 is 5.32 Å². The number of hydrogen-bond acceptors (Lipinski definition) is 6. The summed E-state index contributed by atoms with van der Waals surface area (Å²) in [6, 6.07) is 19.1. The molecule has 168 valence electrons. The number of nitrogens with one attached hydrogen (secondary N) is 1. The van der Waals surface area contributed by atoms with E-state index in [2.05, 4.69) is 18.3 Å². The van der Waals surface area contributed by atoms with Gasteiger partial charge in [0, 0.05) is 4.88 Å². The molecule has 1 aromatic heterocycles. The molecule has 6 nitrogen and oxygen atoms in total. The molecule has 1 aliphatic rings. The van der Waals surface area contributed by atoms with E-state index in [9.17, 15) is 20.0 Å². The number of nitrogens with zero attached hydrogens (tertiary/aromatic N) is 1. The molecular formula is C26H24N2O4S. The number of fused-ring (bicyclic) bond motifs is 1. The summed E-state index contributed by atoms with van der Waals surface area (Å²) in [4.78, 5) is 26.8. The van der Waals surface area contributed by atoms with Crippen LogP contribution in [0.15, 0.2) is 60.7 Å². The summed E-state index contributed by atoms with van der Waals surface area (Å²) >= 11 is 1.41. The summed E-state index contributed by atoms with van der Waals surface area (Å²) in [5, 5.41) is 24.2. The smallest absolute Gasteiger partial charge is 0.348 e. The monoisotopic (exact) mass is 460 g/mol. The van der Waals surface area contributed by atoms with Crippen LogP contribution in [0.3, 0.4) is 0 Å². The number of carbonyl (C=O) groups excluding carboxylic acids is 2. The molecule has 0 saturated heterocycles. The van der Waals surface area contributed by atoms with Crippen LogP contribution in [0.2, 0.25) is 0 Å². The molecule has 0 saturated carbocycles. The Bertz CT molecular complexity index is 1160. The zero-order valence-electron chi connectivity index (χ0n) is 18.2. The van der Waals surface area contributed by atoms with E-state index in [1.54, 1.807) is 60.7 Å². The lowest BCUT2D eigenvalue weighted by Gasteiger charge is -2.26. The Kier molecular flexibility index (Phi) is 6.59. The predicted octanol–water partition coefficient (Wildman–Crippen LogP) is 4.16. The molecule has 0 radical (unpaired) electrons. The third-order valence-corrected chi connectivity index (χ3v) is 7.06. The molecule has 0 fully saturated rings. The Labute approximate surface area is 196 Å². The number of esters is 1. The average molecular weight is 461 g/mol. The van der Waals surface area contributed by atoms with Gasteiger partial charge in [-0.05, 0) is 41.9 Å². The van der Waals surface area contributed by atoms with Crippen molar-refractivity contribution in [1.29, 1.82) is 5.26 Å². The van der Waals surface area contributed by atoms with Crippen molar-refractivity contribution in [1.82, 2.24) is 0 Å². The van der Waals surface area contributed by atoms with E-state index < -0.39 is 24.1 Å². The highest BCUT2D eigenvalue weighted by Crippen LogP contribution is 2.39. The third kappa shape index (κ3) is 4.54. The van der Waals surface area contributed by atoms with Crippen molar-refractivity contribution in [3.8, 4) is 6.07 Å².